The van der Waals surface area contributed by atoms with Gasteiger partial charge in [0.2, 0.25) is 0 Å². The summed E-state index contributed by atoms with van der Waals surface area (Å²) in [7, 11) is 0. The zero-order valence-electron chi connectivity index (χ0n) is 12.7. The molecule has 4 nitrogen and oxygen atoms in total. The first-order valence-corrected chi connectivity index (χ1v) is 7.26. The van der Waals surface area contributed by atoms with Crippen LogP contribution in [-0.2, 0) is 6.54 Å². The Bertz CT molecular complexity index is 824. The van der Waals surface area contributed by atoms with Crippen molar-refractivity contribution in [1.29, 1.82) is 0 Å². The van der Waals surface area contributed by atoms with E-state index >= 15 is 0 Å². The molecule has 2 aromatic carbocycles. The lowest BCUT2D eigenvalue weighted by Crippen LogP contribution is -2.23. The van der Waals surface area contributed by atoms with Crippen LogP contribution in [0.5, 0.6) is 0 Å². The Hall–Kier alpha value is -2.95. The monoisotopic (exact) mass is 309 g/mol. The summed E-state index contributed by atoms with van der Waals surface area (Å²) in [5.74, 6) is -0.669. The van der Waals surface area contributed by atoms with Gasteiger partial charge in [0, 0.05) is 24.0 Å². The van der Waals surface area contributed by atoms with Gasteiger partial charge < -0.3 is 9.88 Å². The molecule has 0 bridgehead atoms. The summed E-state index contributed by atoms with van der Waals surface area (Å²) in [6, 6.07) is 14.3. The summed E-state index contributed by atoms with van der Waals surface area (Å²) in [5.41, 5.74) is 2.83. The fourth-order valence-corrected chi connectivity index (χ4v) is 2.21. The number of nitrogens with zero attached hydrogens (tertiary/aromatic N) is 2. The van der Waals surface area contributed by atoms with E-state index in [0.29, 0.717) is 11.3 Å². The van der Waals surface area contributed by atoms with Crippen LogP contribution in [-0.4, -0.2) is 15.5 Å². The predicted octanol–water partition coefficient (Wildman–Crippen LogP) is 3.25. The molecule has 0 saturated carbocycles. The third kappa shape index (κ3) is 3.45. The Kier molecular flexibility index (Phi) is 4.19. The Labute approximate surface area is 133 Å². The van der Waals surface area contributed by atoms with E-state index in [1.54, 1.807) is 35.3 Å². The van der Waals surface area contributed by atoms with E-state index in [4.69, 9.17) is 0 Å². The Balaban J connectivity index is 1.69. The molecule has 0 atom stereocenters. The number of rotatable bonds is 4. The number of aromatic nitrogens is 2. The standard InChI is InChI=1S/C18H16FN3O/c1-13-6-8-15(9-7-13)22-11-17(21-12-22)18(23)20-10-14-4-2-3-5-16(14)19/h2-9,11-12H,10H2,1H3,(H,20,23). The highest BCUT2D eigenvalue weighted by Gasteiger charge is 2.10. The minimum atomic E-state index is -0.335. The highest BCUT2D eigenvalue weighted by Crippen LogP contribution is 2.11. The minimum Gasteiger partial charge on any atom is -0.346 e. The average Bonchev–Trinajstić information content (AvgIpc) is 3.04. The maximum Gasteiger partial charge on any atom is 0.271 e. The molecule has 0 aliphatic heterocycles. The molecule has 23 heavy (non-hydrogen) atoms. The van der Waals surface area contributed by atoms with Gasteiger partial charge in [-0.25, -0.2) is 9.37 Å². The maximum absolute atomic E-state index is 13.5. The van der Waals surface area contributed by atoms with E-state index in [-0.39, 0.29) is 18.3 Å². The molecule has 1 aromatic heterocycles. The molecule has 0 fully saturated rings. The van der Waals surface area contributed by atoms with Crippen LogP contribution in [0.2, 0.25) is 0 Å². The van der Waals surface area contributed by atoms with Crippen molar-refractivity contribution >= 4 is 5.91 Å². The molecule has 0 aliphatic rings. The molecule has 0 spiro atoms. The van der Waals surface area contributed by atoms with Gasteiger partial charge in [0.15, 0.2) is 0 Å². The second-order valence-corrected chi connectivity index (χ2v) is 5.28. The number of carbonyl (C=O) groups excluding carboxylic acids is 1. The lowest BCUT2D eigenvalue weighted by atomic mass is 10.2. The number of amides is 1. The molecule has 0 saturated heterocycles. The van der Waals surface area contributed by atoms with Gasteiger partial charge in [0.1, 0.15) is 17.8 Å². The SMILES string of the molecule is Cc1ccc(-n2cnc(C(=O)NCc3ccccc3F)c2)cc1. The number of aryl methyl sites for hydroxylation is 1. The number of hydrogen-bond donors (Lipinski definition) is 1. The average molecular weight is 309 g/mol. The molecular formula is C18H16FN3O. The fraction of sp³-hybridized carbons (Fsp3) is 0.111. The lowest BCUT2D eigenvalue weighted by molar-refractivity contribution is 0.0946. The normalized spacial score (nSPS) is 10.5. The molecule has 1 heterocycles. The first-order chi connectivity index (χ1) is 11.1. The number of imidazole rings is 1. The zero-order chi connectivity index (χ0) is 16.2. The van der Waals surface area contributed by atoms with Crippen LogP contribution in [0.25, 0.3) is 5.69 Å². The van der Waals surface area contributed by atoms with Gasteiger partial charge in [0.25, 0.3) is 5.91 Å². The van der Waals surface area contributed by atoms with Gasteiger partial charge in [-0.1, -0.05) is 35.9 Å². The van der Waals surface area contributed by atoms with Crippen LogP contribution >= 0.6 is 0 Å². The molecule has 5 heteroatoms. The van der Waals surface area contributed by atoms with E-state index in [1.165, 1.54) is 6.07 Å². The van der Waals surface area contributed by atoms with Gasteiger partial charge in [-0.05, 0) is 25.1 Å². The van der Waals surface area contributed by atoms with Gasteiger partial charge in [-0.3, -0.25) is 4.79 Å². The predicted molar refractivity (Wildman–Crippen MR) is 85.9 cm³/mol. The molecule has 0 radical (unpaired) electrons. The first kappa shape index (κ1) is 15.0. The molecular weight excluding hydrogens is 293 g/mol. The second-order valence-electron chi connectivity index (χ2n) is 5.28. The third-order valence-electron chi connectivity index (χ3n) is 3.54. The van der Waals surface area contributed by atoms with E-state index in [0.717, 1.165) is 11.3 Å². The molecule has 116 valence electrons. The number of benzene rings is 2. The van der Waals surface area contributed by atoms with E-state index in [1.807, 2.05) is 31.2 Å². The van der Waals surface area contributed by atoms with Crippen LogP contribution in [0.15, 0.2) is 61.1 Å². The molecule has 0 unspecified atom stereocenters. The summed E-state index contributed by atoms with van der Waals surface area (Å²) in [6.45, 7) is 2.14. The number of halogens is 1. The summed E-state index contributed by atoms with van der Waals surface area (Å²) in [6.07, 6.45) is 3.24. The Morgan fingerprint density at radius 3 is 2.65 bits per heavy atom. The van der Waals surface area contributed by atoms with Gasteiger partial charge >= 0.3 is 0 Å². The van der Waals surface area contributed by atoms with Crippen LogP contribution in [0.1, 0.15) is 21.6 Å². The highest BCUT2D eigenvalue weighted by atomic mass is 19.1. The largest absolute Gasteiger partial charge is 0.346 e. The quantitative estimate of drug-likeness (QED) is 0.804. The first-order valence-electron chi connectivity index (χ1n) is 7.26. The van der Waals surface area contributed by atoms with E-state index in [9.17, 15) is 9.18 Å². The maximum atomic E-state index is 13.5. The molecule has 1 N–H and O–H groups in total. The van der Waals surface area contributed by atoms with Gasteiger partial charge in [-0.2, -0.15) is 0 Å². The molecule has 0 aliphatic carbocycles. The van der Waals surface area contributed by atoms with Crippen molar-refractivity contribution in [3.63, 3.8) is 0 Å². The topological polar surface area (TPSA) is 46.9 Å². The van der Waals surface area contributed by atoms with Crippen molar-refractivity contribution in [3.8, 4) is 5.69 Å². The fourth-order valence-electron chi connectivity index (χ4n) is 2.21. The Morgan fingerprint density at radius 1 is 1.17 bits per heavy atom. The van der Waals surface area contributed by atoms with E-state index < -0.39 is 0 Å². The third-order valence-corrected chi connectivity index (χ3v) is 3.54. The van der Waals surface area contributed by atoms with Crippen LogP contribution in [0.3, 0.4) is 0 Å². The minimum absolute atomic E-state index is 0.128. The van der Waals surface area contributed by atoms with Crippen molar-refractivity contribution < 1.29 is 9.18 Å². The van der Waals surface area contributed by atoms with E-state index in [2.05, 4.69) is 10.3 Å². The van der Waals surface area contributed by atoms with Crippen molar-refractivity contribution in [1.82, 2.24) is 14.9 Å². The molecule has 1 amide bonds. The highest BCUT2D eigenvalue weighted by molar-refractivity contribution is 5.92. The molecule has 3 aromatic rings. The summed E-state index contributed by atoms with van der Waals surface area (Å²) in [5, 5.41) is 2.68. The van der Waals surface area contributed by atoms with Crippen molar-refractivity contribution in [2.45, 2.75) is 13.5 Å². The van der Waals surface area contributed by atoms with Crippen LogP contribution < -0.4 is 5.32 Å². The summed E-state index contributed by atoms with van der Waals surface area (Å²) >= 11 is 0. The van der Waals surface area contributed by atoms with Crippen molar-refractivity contribution in [2.75, 3.05) is 0 Å². The summed E-state index contributed by atoms with van der Waals surface area (Å²) < 4.78 is 15.3. The summed E-state index contributed by atoms with van der Waals surface area (Å²) in [4.78, 5) is 16.2. The second kappa shape index (κ2) is 6.44. The van der Waals surface area contributed by atoms with Crippen molar-refractivity contribution in [2.24, 2.45) is 0 Å². The van der Waals surface area contributed by atoms with Gasteiger partial charge in [-0.15, -0.1) is 0 Å². The number of carbonyl (C=O) groups is 1. The lowest BCUT2D eigenvalue weighted by Gasteiger charge is -2.04. The smallest absolute Gasteiger partial charge is 0.271 e. The number of nitrogens with one attached hydrogen (secondary N) is 1. The Morgan fingerprint density at radius 2 is 1.91 bits per heavy atom. The molecule has 3 rings (SSSR count). The van der Waals surface area contributed by atoms with Crippen LogP contribution in [0.4, 0.5) is 4.39 Å². The van der Waals surface area contributed by atoms with Crippen LogP contribution in [0, 0.1) is 12.7 Å². The zero-order valence-corrected chi connectivity index (χ0v) is 12.7. The number of hydrogen-bond acceptors (Lipinski definition) is 2. The van der Waals surface area contributed by atoms with Gasteiger partial charge in [0.05, 0.1) is 0 Å². The van der Waals surface area contributed by atoms with Crippen molar-refractivity contribution in [3.05, 3.63) is 83.7 Å².